The summed E-state index contributed by atoms with van der Waals surface area (Å²) in [6, 6.07) is 0. The fourth-order valence-corrected chi connectivity index (χ4v) is 6.28. The molecule has 1 aliphatic rings. The van der Waals surface area contributed by atoms with Gasteiger partial charge in [0.1, 0.15) is 0 Å². The van der Waals surface area contributed by atoms with Crippen molar-refractivity contribution >= 4 is 20.6 Å². The molecule has 0 aromatic heterocycles. The minimum atomic E-state index is -2.88. The van der Waals surface area contributed by atoms with Crippen molar-refractivity contribution < 1.29 is 12.6 Å². The summed E-state index contributed by atoms with van der Waals surface area (Å²) in [5, 5.41) is -0.0874. The highest BCUT2D eigenvalue weighted by Gasteiger charge is 2.31. The molecular weight excluding hydrogens is 256 g/mol. The predicted molar refractivity (Wildman–Crippen MR) is 73.4 cm³/mol. The molecule has 0 radical (unpaired) electrons. The zero-order chi connectivity index (χ0) is 12.7. The lowest BCUT2D eigenvalue weighted by atomic mass is 10.1. The van der Waals surface area contributed by atoms with Crippen LogP contribution in [0.1, 0.15) is 51.9 Å². The first-order chi connectivity index (χ1) is 8.05. The molecule has 1 heterocycles. The van der Waals surface area contributed by atoms with E-state index in [-0.39, 0.29) is 16.8 Å². The monoisotopic (exact) mass is 280 g/mol. The van der Waals surface area contributed by atoms with E-state index in [1.165, 1.54) is 25.7 Å². The fraction of sp³-hybridized carbons (Fsp3) is 1.00. The van der Waals surface area contributed by atoms with Crippen molar-refractivity contribution in [3.05, 3.63) is 0 Å². The molecule has 0 saturated carbocycles. The summed E-state index contributed by atoms with van der Waals surface area (Å²) >= 11 is 0. The summed E-state index contributed by atoms with van der Waals surface area (Å²) < 4.78 is 34.4. The van der Waals surface area contributed by atoms with E-state index in [1.807, 2.05) is 0 Å². The molecule has 0 unspecified atom stereocenters. The number of hydrogen-bond donors (Lipinski definition) is 0. The van der Waals surface area contributed by atoms with Crippen molar-refractivity contribution in [1.82, 2.24) is 0 Å². The highest BCUT2D eigenvalue weighted by atomic mass is 32.2. The standard InChI is InChI=1S/C12H24O3S2/c1-2-3-4-5-6-7-9-16(13)12-8-10-17(14,15)11-12/h12H,2-11H2,1H3/t12-,16-/m1/s1. The van der Waals surface area contributed by atoms with Gasteiger partial charge >= 0.3 is 0 Å². The quantitative estimate of drug-likeness (QED) is 0.641. The molecular formula is C12H24O3S2. The van der Waals surface area contributed by atoms with Gasteiger partial charge in [-0.1, -0.05) is 39.0 Å². The topological polar surface area (TPSA) is 51.2 Å². The van der Waals surface area contributed by atoms with Crippen LogP contribution in [0.25, 0.3) is 0 Å². The Bertz CT molecular complexity index is 336. The van der Waals surface area contributed by atoms with Gasteiger partial charge in [-0.05, 0) is 12.8 Å². The third-order valence-corrected chi connectivity index (χ3v) is 7.08. The Labute approximate surface area is 108 Å². The molecule has 0 aromatic rings. The number of rotatable bonds is 8. The van der Waals surface area contributed by atoms with Gasteiger partial charge in [0.2, 0.25) is 0 Å². The van der Waals surface area contributed by atoms with Crippen molar-refractivity contribution in [2.24, 2.45) is 0 Å². The Morgan fingerprint density at radius 3 is 2.35 bits per heavy atom. The van der Waals surface area contributed by atoms with Crippen LogP contribution in [-0.4, -0.2) is 35.1 Å². The van der Waals surface area contributed by atoms with E-state index in [0.29, 0.717) is 12.2 Å². The molecule has 0 aromatic carbocycles. The highest BCUT2D eigenvalue weighted by molar-refractivity contribution is 7.94. The zero-order valence-corrected chi connectivity index (χ0v) is 12.3. The van der Waals surface area contributed by atoms with Gasteiger partial charge in [-0.25, -0.2) is 8.42 Å². The Morgan fingerprint density at radius 2 is 1.76 bits per heavy atom. The van der Waals surface area contributed by atoms with Crippen LogP contribution >= 0.6 is 0 Å². The summed E-state index contributed by atoms with van der Waals surface area (Å²) in [6.45, 7) is 2.19. The molecule has 3 nitrogen and oxygen atoms in total. The first kappa shape index (κ1) is 15.2. The van der Waals surface area contributed by atoms with E-state index in [0.717, 1.165) is 12.8 Å². The number of hydrogen-bond acceptors (Lipinski definition) is 3. The van der Waals surface area contributed by atoms with E-state index in [4.69, 9.17) is 0 Å². The van der Waals surface area contributed by atoms with Crippen LogP contribution in [0.3, 0.4) is 0 Å². The van der Waals surface area contributed by atoms with Gasteiger partial charge in [-0.15, -0.1) is 0 Å². The third kappa shape index (κ3) is 6.00. The van der Waals surface area contributed by atoms with E-state index >= 15 is 0 Å². The maximum atomic E-state index is 11.9. The smallest absolute Gasteiger partial charge is 0.151 e. The maximum Gasteiger partial charge on any atom is 0.151 e. The van der Waals surface area contributed by atoms with Crippen molar-refractivity contribution in [3.8, 4) is 0 Å². The maximum absolute atomic E-state index is 11.9. The van der Waals surface area contributed by atoms with Crippen LogP contribution in [0.2, 0.25) is 0 Å². The van der Waals surface area contributed by atoms with E-state index in [1.54, 1.807) is 0 Å². The summed E-state index contributed by atoms with van der Waals surface area (Å²) in [5.41, 5.74) is 0. The normalized spacial score (nSPS) is 24.9. The van der Waals surface area contributed by atoms with Crippen molar-refractivity contribution in [1.29, 1.82) is 0 Å². The first-order valence-electron chi connectivity index (χ1n) is 6.63. The summed E-state index contributed by atoms with van der Waals surface area (Å²) in [4.78, 5) is 0. The largest absolute Gasteiger partial charge is 0.259 e. The van der Waals surface area contributed by atoms with Crippen LogP contribution in [0.15, 0.2) is 0 Å². The molecule has 0 amide bonds. The van der Waals surface area contributed by atoms with Crippen LogP contribution in [0.4, 0.5) is 0 Å². The van der Waals surface area contributed by atoms with E-state index < -0.39 is 20.6 Å². The molecule has 17 heavy (non-hydrogen) atoms. The molecule has 1 rings (SSSR count). The van der Waals surface area contributed by atoms with Crippen LogP contribution < -0.4 is 0 Å². The van der Waals surface area contributed by atoms with Gasteiger partial charge in [0.25, 0.3) is 0 Å². The minimum Gasteiger partial charge on any atom is -0.259 e. The van der Waals surface area contributed by atoms with Crippen molar-refractivity contribution in [2.75, 3.05) is 17.3 Å². The fourth-order valence-electron chi connectivity index (χ4n) is 2.16. The SMILES string of the molecule is CCCCCCCC[S@@](=O)[C@@H]1CCS(=O)(=O)C1. The average Bonchev–Trinajstić information content (AvgIpc) is 2.64. The van der Waals surface area contributed by atoms with Crippen LogP contribution in [0, 0.1) is 0 Å². The molecule has 2 atom stereocenters. The Hall–Kier alpha value is 0.1000. The van der Waals surface area contributed by atoms with Crippen molar-refractivity contribution in [3.63, 3.8) is 0 Å². The van der Waals surface area contributed by atoms with Gasteiger partial charge < -0.3 is 0 Å². The zero-order valence-electron chi connectivity index (χ0n) is 10.7. The Morgan fingerprint density at radius 1 is 1.12 bits per heavy atom. The molecule has 1 aliphatic heterocycles. The lowest BCUT2D eigenvalue weighted by molar-refractivity contribution is 0.602. The molecule has 0 N–H and O–H groups in total. The molecule has 102 valence electrons. The van der Waals surface area contributed by atoms with Gasteiger partial charge in [-0.3, -0.25) is 4.21 Å². The van der Waals surface area contributed by atoms with E-state index in [9.17, 15) is 12.6 Å². The second-order valence-electron chi connectivity index (χ2n) is 4.88. The molecule has 1 saturated heterocycles. The van der Waals surface area contributed by atoms with Crippen molar-refractivity contribution in [2.45, 2.75) is 57.1 Å². The van der Waals surface area contributed by atoms with Crippen LogP contribution in [0.5, 0.6) is 0 Å². The van der Waals surface area contributed by atoms with Gasteiger partial charge in [0.15, 0.2) is 9.84 Å². The number of unbranched alkanes of at least 4 members (excludes halogenated alkanes) is 5. The average molecular weight is 280 g/mol. The first-order valence-corrected chi connectivity index (χ1v) is 9.83. The summed E-state index contributed by atoms with van der Waals surface area (Å²) in [5.74, 6) is 1.07. The Balaban J connectivity index is 2.10. The van der Waals surface area contributed by atoms with Gasteiger partial charge in [0.05, 0.1) is 11.5 Å². The van der Waals surface area contributed by atoms with E-state index in [2.05, 4.69) is 6.92 Å². The second-order valence-corrected chi connectivity index (χ2v) is 8.94. The molecule has 0 bridgehead atoms. The molecule has 1 fully saturated rings. The molecule has 5 heteroatoms. The number of sulfone groups is 1. The van der Waals surface area contributed by atoms with Crippen LogP contribution in [-0.2, 0) is 20.6 Å². The highest BCUT2D eigenvalue weighted by Crippen LogP contribution is 2.18. The minimum absolute atomic E-state index is 0.0874. The lowest BCUT2D eigenvalue weighted by Gasteiger charge is -2.07. The molecule has 0 aliphatic carbocycles. The third-order valence-electron chi connectivity index (χ3n) is 3.26. The summed E-state index contributed by atoms with van der Waals surface area (Å²) in [6.07, 6.45) is 7.72. The van der Waals surface area contributed by atoms with Gasteiger partial charge in [0, 0.05) is 21.8 Å². The van der Waals surface area contributed by atoms with Gasteiger partial charge in [-0.2, -0.15) is 0 Å². The molecule has 0 spiro atoms. The predicted octanol–water partition coefficient (Wildman–Crippen LogP) is 2.28. The Kier molecular flexibility index (Phi) is 6.70. The lowest BCUT2D eigenvalue weighted by Crippen LogP contribution is -2.19. The summed E-state index contributed by atoms with van der Waals surface area (Å²) in [7, 11) is -3.80. The second kappa shape index (κ2) is 7.52.